The zero-order valence-electron chi connectivity index (χ0n) is 18.9. The van der Waals surface area contributed by atoms with E-state index in [9.17, 15) is 37.5 Å². The maximum atomic E-state index is 15.0. The van der Waals surface area contributed by atoms with Crippen LogP contribution in [-0.2, 0) is 13.2 Å². The fourth-order valence-corrected chi connectivity index (χ4v) is 3.08. The molecule has 17 heteroatoms. The molecule has 3 aromatic rings. The monoisotopic (exact) mass is 529 g/mol. The quantitative estimate of drug-likeness (QED) is 0.415. The number of carbonyl (C=O) groups excluding carboxylic acids is 1. The van der Waals surface area contributed by atoms with Gasteiger partial charge < -0.3 is 19.9 Å². The van der Waals surface area contributed by atoms with Crippen LogP contribution in [0.2, 0.25) is 0 Å². The summed E-state index contributed by atoms with van der Waals surface area (Å²) in [6, 6.07) is 1.95. The van der Waals surface area contributed by atoms with Crippen LogP contribution in [0, 0.1) is 23.0 Å². The highest BCUT2D eigenvalue weighted by atomic mass is 19.4. The van der Waals surface area contributed by atoms with E-state index >= 15 is 4.39 Å². The number of carbonyl (C=O) groups is 1. The van der Waals surface area contributed by atoms with E-state index < -0.39 is 71.1 Å². The van der Waals surface area contributed by atoms with Gasteiger partial charge in [-0.05, 0) is 13.0 Å². The van der Waals surface area contributed by atoms with E-state index in [1.807, 2.05) is 5.32 Å². The maximum Gasteiger partial charge on any atom is 0.422 e. The van der Waals surface area contributed by atoms with E-state index in [2.05, 4.69) is 19.8 Å². The molecule has 12 nitrogen and oxygen atoms in total. The lowest BCUT2D eigenvalue weighted by molar-refractivity contribution is -0.154. The second-order valence-electron chi connectivity index (χ2n) is 6.99. The largest absolute Gasteiger partial charge is 0.480 e. The molecule has 0 unspecified atom stereocenters. The van der Waals surface area contributed by atoms with Crippen LogP contribution in [0.25, 0.3) is 5.82 Å². The molecule has 0 aliphatic carbocycles. The Kier molecular flexibility index (Phi) is 7.72. The smallest absolute Gasteiger partial charge is 0.422 e. The summed E-state index contributed by atoms with van der Waals surface area (Å²) >= 11 is 0. The second-order valence-corrected chi connectivity index (χ2v) is 6.99. The molecule has 0 aliphatic heterocycles. The highest BCUT2D eigenvalue weighted by Crippen LogP contribution is 2.29. The minimum absolute atomic E-state index is 0.0104. The number of aromatic nitrogens is 5. The molecule has 3 aromatic heterocycles. The zero-order chi connectivity index (χ0) is 27.5. The number of amides is 1. The van der Waals surface area contributed by atoms with Crippen LogP contribution in [0.5, 0.6) is 11.8 Å². The first-order valence-corrected chi connectivity index (χ1v) is 10.1. The third kappa shape index (κ3) is 5.48. The summed E-state index contributed by atoms with van der Waals surface area (Å²) in [6.07, 6.45) is -4.30. The Bertz CT molecular complexity index is 1450. The molecule has 2 N–H and O–H groups in total. The van der Waals surface area contributed by atoms with Crippen LogP contribution < -0.4 is 20.5 Å². The van der Waals surface area contributed by atoms with Gasteiger partial charge >= 0.3 is 11.9 Å². The van der Waals surface area contributed by atoms with E-state index in [0.29, 0.717) is 16.9 Å². The molecule has 37 heavy (non-hydrogen) atoms. The van der Waals surface area contributed by atoms with Crippen LogP contribution in [0.1, 0.15) is 28.7 Å². The third-order valence-corrected chi connectivity index (χ3v) is 4.68. The van der Waals surface area contributed by atoms with Crippen molar-refractivity contribution >= 4 is 11.6 Å². The van der Waals surface area contributed by atoms with Crippen LogP contribution in [0.3, 0.4) is 0 Å². The van der Waals surface area contributed by atoms with Gasteiger partial charge in [-0.15, -0.1) is 5.10 Å². The average Bonchev–Trinajstić information content (AvgIpc) is 3.18. The SMILES string of the molecule is CCn1c(CO)nn(-c2nc(OCC(F)(F)F)c(C(=O)Nc3c(F)cnc(OC)c3C#N)cc2F)c1=O. The third-order valence-electron chi connectivity index (χ3n) is 4.68. The lowest BCUT2D eigenvalue weighted by Crippen LogP contribution is -2.27. The van der Waals surface area contributed by atoms with Crippen molar-refractivity contribution in [2.24, 2.45) is 0 Å². The number of rotatable bonds is 8. The van der Waals surface area contributed by atoms with Crippen LogP contribution in [0.15, 0.2) is 17.1 Å². The molecule has 1 amide bonds. The molecule has 3 rings (SSSR count). The van der Waals surface area contributed by atoms with Crippen LogP contribution in [-0.4, -0.2) is 55.2 Å². The summed E-state index contributed by atoms with van der Waals surface area (Å²) in [4.78, 5) is 32.5. The lowest BCUT2D eigenvalue weighted by Gasteiger charge is -2.15. The molecule has 0 bridgehead atoms. The molecular formula is C20H16F5N7O5. The van der Waals surface area contributed by atoms with E-state index in [4.69, 9.17) is 4.74 Å². The summed E-state index contributed by atoms with van der Waals surface area (Å²) in [6.45, 7) is -1.16. The molecular weight excluding hydrogens is 513 g/mol. The fourth-order valence-electron chi connectivity index (χ4n) is 3.08. The van der Waals surface area contributed by atoms with Crippen molar-refractivity contribution < 1.29 is 41.3 Å². The van der Waals surface area contributed by atoms with Crippen LogP contribution >= 0.6 is 0 Å². The number of pyridine rings is 2. The van der Waals surface area contributed by atoms with Gasteiger partial charge in [-0.1, -0.05) is 0 Å². The van der Waals surface area contributed by atoms with Gasteiger partial charge in [-0.3, -0.25) is 9.36 Å². The molecule has 0 saturated carbocycles. The Morgan fingerprint density at radius 1 is 1.27 bits per heavy atom. The standard InChI is InChI=1S/C20H16F5N7O5/c1-3-31-13(7-33)30-32(19(31)35)15-11(21)4-9(18(29-15)37-8-20(23,24)25)16(34)28-14-10(5-26)17(36-2)27-6-12(14)22/h4,6,33H,3,7-8H2,1-2H3,(H,27,28,34). The minimum Gasteiger partial charge on any atom is -0.480 e. The van der Waals surface area contributed by atoms with Crippen molar-refractivity contribution in [3.8, 4) is 23.6 Å². The number of aliphatic hydroxyl groups is 1. The van der Waals surface area contributed by atoms with E-state index in [1.165, 1.54) is 6.92 Å². The number of methoxy groups -OCH3 is 1. The minimum atomic E-state index is -4.91. The predicted octanol–water partition coefficient (Wildman–Crippen LogP) is 1.69. The summed E-state index contributed by atoms with van der Waals surface area (Å²) in [5.74, 6) is -6.62. The van der Waals surface area contributed by atoms with Gasteiger partial charge in [-0.25, -0.2) is 18.6 Å². The first-order valence-electron chi connectivity index (χ1n) is 10.1. The zero-order valence-corrected chi connectivity index (χ0v) is 18.9. The van der Waals surface area contributed by atoms with Crippen molar-refractivity contribution in [1.82, 2.24) is 24.3 Å². The van der Waals surface area contributed by atoms with E-state index in [0.717, 1.165) is 11.7 Å². The Hall–Kier alpha value is -4.59. The fraction of sp³-hybridized carbons (Fsp3) is 0.300. The van der Waals surface area contributed by atoms with Crippen molar-refractivity contribution in [3.63, 3.8) is 0 Å². The number of nitrogens with zero attached hydrogens (tertiary/aromatic N) is 6. The number of ether oxygens (including phenoxy) is 2. The molecule has 3 heterocycles. The van der Waals surface area contributed by atoms with Gasteiger partial charge in [0, 0.05) is 6.54 Å². The van der Waals surface area contributed by atoms with Gasteiger partial charge in [0.15, 0.2) is 29.9 Å². The molecule has 196 valence electrons. The summed E-state index contributed by atoms with van der Waals surface area (Å²) in [5.41, 5.74) is -3.24. The molecule has 0 atom stereocenters. The van der Waals surface area contributed by atoms with Crippen LogP contribution in [0.4, 0.5) is 27.6 Å². The van der Waals surface area contributed by atoms with Crippen molar-refractivity contribution in [2.75, 3.05) is 19.0 Å². The number of alkyl halides is 3. The van der Waals surface area contributed by atoms with E-state index in [-0.39, 0.29) is 18.2 Å². The molecule has 0 aliphatic rings. The summed E-state index contributed by atoms with van der Waals surface area (Å²) in [7, 11) is 1.11. The van der Waals surface area contributed by atoms with Gasteiger partial charge in [0.2, 0.25) is 11.8 Å². The number of aliphatic hydroxyl groups excluding tert-OH is 1. The number of nitriles is 1. The first kappa shape index (κ1) is 27.0. The highest BCUT2D eigenvalue weighted by molar-refractivity contribution is 6.06. The maximum absolute atomic E-state index is 15.0. The number of hydrogen-bond acceptors (Lipinski definition) is 9. The van der Waals surface area contributed by atoms with Crippen molar-refractivity contribution in [3.05, 3.63) is 51.3 Å². The molecule has 0 saturated heterocycles. The summed E-state index contributed by atoms with van der Waals surface area (Å²) in [5, 5.41) is 24.3. The Morgan fingerprint density at radius 3 is 2.51 bits per heavy atom. The number of hydrogen-bond donors (Lipinski definition) is 2. The van der Waals surface area contributed by atoms with Gasteiger partial charge in [0.1, 0.15) is 29.5 Å². The number of nitrogens with one attached hydrogen (secondary N) is 1. The van der Waals surface area contributed by atoms with Gasteiger partial charge in [0.25, 0.3) is 5.91 Å². The molecule has 0 fully saturated rings. The lowest BCUT2D eigenvalue weighted by atomic mass is 10.2. The second kappa shape index (κ2) is 10.6. The van der Waals surface area contributed by atoms with Gasteiger partial charge in [-0.2, -0.15) is 28.1 Å². The van der Waals surface area contributed by atoms with Crippen molar-refractivity contribution in [1.29, 1.82) is 5.26 Å². The predicted molar refractivity (Wildman–Crippen MR) is 112 cm³/mol. The molecule has 0 radical (unpaired) electrons. The first-order chi connectivity index (χ1) is 17.4. The topological polar surface area (TPSA) is 157 Å². The normalized spacial score (nSPS) is 11.2. The van der Waals surface area contributed by atoms with Crippen molar-refractivity contribution in [2.45, 2.75) is 26.3 Å². The number of halogens is 5. The van der Waals surface area contributed by atoms with Gasteiger partial charge in [0.05, 0.1) is 13.3 Å². The number of anilines is 1. The Labute approximate surface area is 203 Å². The average molecular weight is 529 g/mol. The molecule has 0 aromatic carbocycles. The Morgan fingerprint density at radius 2 is 1.97 bits per heavy atom. The van der Waals surface area contributed by atoms with E-state index in [1.54, 1.807) is 6.07 Å². The summed E-state index contributed by atoms with van der Waals surface area (Å²) < 4.78 is 78.6. The molecule has 0 spiro atoms. The highest BCUT2D eigenvalue weighted by Gasteiger charge is 2.31. The Balaban J connectivity index is 2.15.